The molecule has 0 aliphatic heterocycles. The summed E-state index contributed by atoms with van der Waals surface area (Å²) < 4.78 is 12.3. The Labute approximate surface area is 168 Å². The normalized spacial score (nSPS) is 10.7. The summed E-state index contributed by atoms with van der Waals surface area (Å²) in [6.45, 7) is 1.13. The topological polar surface area (TPSA) is 42.8 Å². The molecule has 0 atom stereocenters. The van der Waals surface area contributed by atoms with Crippen LogP contribution in [0.15, 0.2) is 82.4 Å². The molecule has 0 unspecified atom stereocenters. The van der Waals surface area contributed by atoms with E-state index in [0.717, 1.165) is 32.7 Å². The molecular weight excluding hydrogens is 404 g/mol. The Balaban J connectivity index is 1.53. The number of hydrogen-bond acceptors (Lipinski definition) is 4. The molecule has 4 nitrogen and oxygen atoms in total. The molecule has 0 aliphatic rings. The largest absolute Gasteiger partial charge is 0.496 e. The first-order valence-corrected chi connectivity index (χ1v) is 9.39. The molecule has 0 heterocycles. The van der Waals surface area contributed by atoms with E-state index in [0.29, 0.717) is 13.2 Å². The number of nitrogens with zero attached hydrogens (tertiary/aromatic N) is 1. The van der Waals surface area contributed by atoms with Crippen LogP contribution in [0.4, 0.5) is 0 Å². The second-order valence-electron chi connectivity index (χ2n) is 5.89. The summed E-state index contributed by atoms with van der Waals surface area (Å²) in [5.41, 5.74) is 6.20. The summed E-state index contributed by atoms with van der Waals surface area (Å²) in [4.78, 5) is 0. The van der Waals surface area contributed by atoms with E-state index in [4.69, 9.17) is 9.47 Å². The lowest BCUT2D eigenvalue weighted by atomic mass is 10.2. The van der Waals surface area contributed by atoms with E-state index in [1.165, 1.54) is 0 Å². The number of hydrogen-bond donors (Lipinski definition) is 1. The predicted molar refractivity (Wildman–Crippen MR) is 112 cm³/mol. The summed E-state index contributed by atoms with van der Waals surface area (Å²) in [6.07, 6.45) is 1.78. The smallest absolute Gasteiger partial charge is 0.123 e. The molecule has 3 aromatic carbocycles. The van der Waals surface area contributed by atoms with E-state index < -0.39 is 0 Å². The average Bonchev–Trinajstić information content (AvgIpc) is 2.71. The van der Waals surface area contributed by atoms with Crippen molar-refractivity contribution in [1.82, 2.24) is 5.43 Å². The van der Waals surface area contributed by atoms with Gasteiger partial charge in [-0.1, -0.05) is 58.4 Å². The van der Waals surface area contributed by atoms with Crippen LogP contribution in [0.25, 0.3) is 0 Å². The van der Waals surface area contributed by atoms with Crippen LogP contribution in [0.2, 0.25) is 0 Å². The number of para-hydroxylation sites is 1. The maximum atomic E-state index is 5.86. The van der Waals surface area contributed by atoms with E-state index >= 15 is 0 Å². The maximum Gasteiger partial charge on any atom is 0.123 e. The molecule has 0 amide bonds. The first-order valence-electron chi connectivity index (χ1n) is 8.60. The van der Waals surface area contributed by atoms with Crippen molar-refractivity contribution in [2.75, 3.05) is 7.11 Å². The molecule has 0 bridgehead atoms. The van der Waals surface area contributed by atoms with E-state index in [-0.39, 0.29) is 0 Å². The second-order valence-corrected chi connectivity index (χ2v) is 6.81. The molecule has 0 aromatic heterocycles. The van der Waals surface area contributed by atoms with Gasteiger partial charge in [-0.15, -0.1) is 0 Å². The molecule has 0 radical (unpaired) electrons. The quantitative estimate of drug-likeness (QED) is 0.401. The number of rotatable bonds is 8. The second kappa shape index (κ2) is 9.78. The third-order valence-corrected chi connectivity index (χ3v) is 4.47. The van der Waals surface area contributed by atoms with Gasteiger partial charge in [0.05, 0.1) is 19.9 Å². The fourth-order valence-electron chi connectivity index (χ4n) is 2.53. The first-order chi connectivity index (χ1) is 13.2. The predicted octanol–water partition coefficient (Wildman–Crippen LogP) is 5.16. The summed E-state index contributed by atoms with van der Waals surface area (Å²) in [5.74, 6) is 1.66. The average molecular weight is 425 g/mol. The lowest BCUT2D eigenvalue weighted by molar-refractivity contribution is 0.306. The van der Waals surface area contributed by atoms with E-state index in [1.807, 2.05) is 72.8 Å². The number of nitrogens with one attached hydrogen (secondary N) is 1. The lowest BCUT2D eigenvalue weighted by Crippen LogP contribution is -2.06. The minimum absolute atomic E-state index is 0.528. The Bertz CT molecular complexity index is 895. The Morgan fingerprint density at radius 1 is 1.00 bits per heavy atom. The summed E-state index contributed by atoms with van der Waals surface area (Å²) >= 11 is 3.44. The molecule has 3 aromatic rings. The monoisotopic (exact) mass is 424 g/mol. The zero-order valence-electron chi connectivity index (χ0n) is 15.1. The molecule has 0 fully saturated rings. The van der Waals surface area contributed by atoms with Crippen molar-refractivity contribution in [3.05, 3.63) is 94.0 Å². The number of halogens is 1. The molecule has 5 heteroatoms. The van der Waals surface area contributed by atoms with Crippen LogP contribution in [-0.4, -0.2) is 13.3 Å². The highest BCUT2D eigenvalue weighted by Gasteiger charge is 2.00. The van der Waals surface area contributed by atoms with Crippen molar-refractivity contribution < 1.29 is 9.47 Å². The van der Waals surface area contributed by atoms with Crippen LogP contribution in [0.3, 0.4) is 0 Å². The number of benzene rings is 3. The fraction of sp³-hybridized carbons (Fsp3) is 0.136. The number of methoxy groups -OCH3 is 1. The SMILES string of the molecule is COc1ccccc1CN/N=C/c1cccc(OCc2ccc(Br)cc2)c1. The minimum Gasteiger partial charge on any atom is -0.496 e. The molecule has 0 saturated heterocycles. The van der Waals surface area contributed by atoms with Gasteiger partial charge in [0.2, 0.25) is 0 Å². The van der Waals surface area contributed by atoms with Crippen molar-refractivity contribution in [3.8, 4) is 11.5 Å². The number of hydrazone groups is 1. The van der Waals surface area contributed by atoms with Crippen LogP contribution in [0, 0.1) is 0 Å². The van der Waals surface area contributed by atoms with E-state index in [9.17, 15) is 0 Å². The van der Waals surface area contributed by atoms with Crippen molar-refractivity contribution in [2.45, 2.75) is 13.2 Å². The van der Waals surface area contributed by atoms with E-state index in [2.05, 4.69) is 26.5 Å². The van der Waals surface area contributed by atoms with Crippen LogP contribution >= 0.6 is 15.9 Å². The Morgan fingerprint density at radius 2 is 1.81 bits per heavy atom. The molecule has 0 spiro atoms. The van der Waals surface area contributed by atoms with Gasteiger partial charge in [-0.05, 0) is 41.5 Å². The van der Waals surface area contributed by atoms with Gasteiger partial charge in [0.15, 0.2) is 0 Å². The lowest BCUT2D eigenvalue weighted by Gasteiger charge is -2.08. The zero-order chi connectivity index (χ0) is 18.9. The summed E-state index contributed by atoms with van der Waals surface area (Å²) in [7, 11) is 1.67. The van der Waals surface area contributed by atoms with Crippen LogP contribution in [-0.2, 0) is 13.2 Å². The van der Waals surface area contributed by atoms with Crippen molar-refractivity contribution in [1.29, 1.82) is 0 Å². The van der Waals surface area contributed by atoms with Gasteiger partial charge in [-0.25, -0.2) is 0 Å². The van der Waals surface area contributed by atoms with Crippen molar-refractivity contribution in [3.63, 3.8) is 0 Å². The Kier molecular flexibility index (Phi) is 6.88. The highest BCUT2D eigenvalue weighted by Crippen LogP contribution is 2.17. The third kappa shape index (κ3) is 5.86. The third-order valence-electron chi connectivity index (χ3n) is 3.94. The molecule has 0 aliphatic carbocycles. The van der Waals surface area contributed by atoms with Gasteiger partial charge in [-0.2, -0.15) is 5.10 Å². The molecule has 27 heavy (non-hydrogen) atoms. The molecule has 1 N–H and O–H groups in total. The van der Waals surface area contributed by atoms with E-state index in [1.54, 1.807) is 13.3 Å². The van der Waals surface area contributed by atoms with Gasteiger partial charge in [0.1, 0.15) is 18.1 Å². The van der Waals surface area contributed by atoms with Crippen LogP contribution < -0.4 is 14.9 Å². The van der Waals surface area contributed by atoms with Gasteiger partial charge in [0, 0.05) is 10.0 Å². The van der Waals surface area contributed by atoms with Crippen molar-refractivity contribution in [2.24, 2.45) is 5.10 Å². The highest BCUT2D eigenvalue weighted by atomic mass is 79.9. The molecular formula is C22H21BrN2O2. The van der Waals surface area contributed by atoms with Gasteiger partial charge >= 0.3 is 0 Å². The summed E-state index contributed by atoms with van der Waals surface area (Å²) in [5, 5.41) is 4.29. The van der Waals surface area contributed by atoms with Gasteiger partial charge in [-0.3, -0.25) is 0 Å². The van der Waals surface area contributed by atoms with Gasteiger partial charge in [0.25, 0.3) is 0 Å². The minimum atomic E-state index is 0.528. The fourth-order valence-corrected chi connectivity index (χ4v) is 2.80. The number of ether oxygens (including phenoxy) is 2. The van der Waals surface area contributed by atoms with Crippen LogP contribution in [0.5, 0.6) is 11.5 Å². The Hall–Kier alpha value is -2.79. The maximum absolute atomic E-state index is 5.86. The van der Waals surface area contributed by atoms with Gasteiger partial charge < -0.3 is 14.9 Å². The zero-order valence-corrected chi connectivity index (χ0v) is 16.6. The Morgan fingerprint density at radius 3 is 2.63 bits per heavy atom. The summed E-state index contributed by atoms with van der Waals surface area (Å²) in [6, 6.07) is 23.8. The standard InChI is InChI=1S/C22H21BrN2O2/c1-26-22-8-3-2-6-19(22)15-25-24-14-18-5-4-7-21(13-18)27-16-17-9-11-20(23)12-10-17/h2-14,25H,15-16H2,1H3/b24-14+. The van der Waals surface area contributed by atoms with Crippen LogP contribution in [0.1, 0.15) is 16.7 Å². The van der Waals surface area contributed by atoms with Crippen molar-refractivity contribution >= 4 is 22.1 Å². The molecule has 0 saturated carbocycles. The highest BCUT2D eigenvalue weighted by molar-refractivity contribution is 9.10. The molecule has 138 valence electrons. The molecule has 3 rings (SSSR count). The first kappa shape index (κ1) is 19.0.